The number of hydrogen-bond acceptors (Lipinski definition) is 4. The molecule has 116 valence electrons. The van der Waals surface area contributed by atoms with E-state index < -0.39 is 0 Å². The first-order chi connectivity index (χ1) is 10.8. The molecule has 2 aromatic rings. The van der Waals surface area contributed by atoms with E-state index in [1.54, 1.807) is 12.1 Å². The molecule has 0 spiro atoms. The number of carbonyl (C=O) groups excluding carboxylic acids is 1. The molecule has 0 heterocycles. The van der Waals surface area contributed by atoms with Gasteiger partial charge in [0.05, 0.1) is 13.2 Å². The van der Waals surface area contributed by atoms with E-state index in [4.69, 9.17) is 14.2 Å². The molecular weight excluding hydrogens is 280 g/mol. The monoisotopic (exact) mass is 300 g/mol. The third-order valence-corrected chi connectivity index (χ3v) is 2.91. The highest BCUT2D eigenvalue weighted by atomic mass is 16.6. The van der Waals surface area contributed by atoms with Crippen LogP contribution < -0.4 is 14.2 Å². The van der Waals surface area contributed by atoms with Crippen LogP contribution in [0.3, 0.4) is 0 Å². The van der Waals surface area contributed by atoms with Crippen LogP contribution in [0.25, 0.3) is 0 Å². The van der Waals surface area contributed by atoms with Crippen molar-refractivity contribution in [2.24, 2.45) is 0 Å². The second-order valence-electron chi connectivity index (χ2n) is 4.62. The summed E-state index contributed by atoms with van der Waals surface area (Å²) in [4.78, 5) is 11.8. The molecule has 0 amide bonds. The SMILES string of the molecule is CCOc1ccccc1OC(=O)CCCOc1ccccc1. The maximum atomic E-state index is 11.8. The van der Waals surface area contributed by atoms with Crippen molar-refractivity contribution in [3.63, 3.8) is 0 Å². The van der Waals surface area contributed by atoms with Crippen molar-refractivity contribution in [1.82, 2.24) is 0 Å². The summed E-state index contributed by atoms with van der Waals surface area (Å²) in [5.74, 6) is 1.55. The Balaban J connectivity index is 1.74. The predicted octanol–water partition coefficient (Wildman–Crippen LogP) is 3.85. The molecule has 0 aliphatic rings. The van der Waals surface area contributed by atoms with E-state index in [-0.39, 0.29) is 5.97 Å². The number of benzene rings is 2. The third kappa shape index (κ3) is 5.13. The smallest absolute Gasteiger partial charge is 0.311 e. The lowest BCUT2D eigenvalue weighted by atomic mass is 10.3. The molecule has 0 bridgehead atoms. The van der Waals surface area contributed by atoms with Crippen molar-refractivity contribution in [2.45, 2.75) is 19.8 Å². The minimum atomic E-state index is -0.288. The number of hydrogen-bond donors (Lipinski definition) is 0. The van der Waals surface area contributed by atoms with Gasteiger partial charge in [-0.1, -0.05) is 30.3 Å². The van der Waals surface area contributed by atoms with Crippen LogP contribution in [0.1, 0.15) is 19.8 Å². The molecule has 0 N–H and O–H groups in total. The quantitative estimate of drug-likeness (QED) is 0.422. The van der Waals surface area contributed by atoms with Gasteiger partial charge in [0, 0.05) is 6.42 Å². The Morgan fingerprint density at radius 3 is 2.32 bits per heavy atom. The minimum absolute atomic E-state index is 0.288. The van der Waals surface area contributed by atoms with Gasteiger partial charge in [-0.05, 0) is 37.6 Å². The first-order valence-electron chi connectivity index (χ1n) is 7.40. The van der Waals surface area contributed by atoms with Gasteiger partial charge in [0.2, 0.25) is 0 Å². The van der Waals surface area contributed by atoms with Crippen LogP contribution in [0, 0.1) is 0 Å². The van der Waals surface area contributed by atoms with Crippen LogP contribution in [0.2, 0.25) is 0 Å². The van der Waals surface area contributed by atoms with Crippen molar-refractivity contribution in [1.29, 1.82) is 0 Å². The Hall–Kier alpha value is -2.49. The Morgan fingerprint density at radius 1 is 0.909 bits per heavy atom. The number of esters is 1. The maximum absolute atomic E-state index is 11.8. The molecule has 0 unspecified atom stereocenters. The van der Waals surface area contributed by atoms with Crippen LogP contribution >= 0.6 is 0 Å². The normalized spacial score (nSPS) is 10.0. The molecule has 22 heavy (non-hydrogen) atoms. The molecule has 0 atom stereocenters. The topological polar surface area (TPSA) is 44.8 Å². The fourth-order valence-corrected chi connectivity index (χ4v) is 1.91. The summed E-state index contributed by atoms with van der Waals surface area (Å²) < 4.78 is 16.3. The molecule has 0 saturated heterocycles. The summed E-state index contributed by atoms with van der Waals surface area (Å²) in [6, 6.07) is 16.7. The van der Waals surface area contributed by atoms with Crippen LogP contribution in [0.5, 0.6) is 17.2 Å². The molecule has 0 fully saturated rings. The number of carbonyl (C=O) groups is 1. The van der Waals surface area contributed by atoms with E-state index >= 15 is 0 Å². The fraction of sp³-hybridized carbons (Fsp3) is 0.278. The first-order valence-corrected chi connectivity index (χ1v) is 7.40. The molecule has 0 aliphatic carbocycles. The van der Waals surface area contributed by atoms with Crippen molar-refractivity contribution < 1.29 is 19.0 Å². The highest BCUT2D eigenvalue weighted by molar-refractivity contribution is 5.73. The largest absolute Gasteiger partial charge is 0.494 e. The number of para-hydroxylation sites is 3. The van der Waals surface area contributed by atoms with E-state index in [1.807, 2.05) is 49.4 Å². The van der Waals surface area contributed by atoms with E-state index in [0.717, 1.165) is 5.75 Å². The zero-order valence-corrected chi connectivity index (χ0v) is 12.7. The van der Waals surface area contributed by atoms with Gasteiger partial charge >= 0.3 is 5.97 Å². The predicted molar refractivity (Wildman–Crippen MR) is 84.4 cm³/mol. The summed E-state index contributed by atoms with van der Waals surface area (Å²) in [5, 5.41) is 0. The van der Waals surface area contributed by atoms with Crippen LogP contribution in [-0.2, 0) is 4.79 Å². The Morgan fingerprint density at radius 2 is 1.59 bits per heavy atom. The first kappa shape index (κ1) is 15.9. The molecule has 0 saturated carbocycles. The van der Waals surface area contributed by atoms with Crippen LogP contribution in [0.15, 0.2) is 54.6 Å². The van der Waals surface area contributed by atoms with E-state index in [0.29, 0.717) is 37.6 Å². The lowest BCUT2D eigenvalue weighted by molar-refractivity contribution is -0.134. The van der Waals surface area contributed by atoms with Gasteiger partial charge in [-0.25, -0.2) is 0 Å². The van der Waals surface area contributed by atoms with E-state index in [9.17, 15) is 4.79 Å². The van der Waals surface area contributed by atoms with Gasteiger partial charge in [-0.15, -0.1) is 0 Å². The molecule has 4 nitrogen and oxygen atoms in total. The van der Waals surface area contributed by atoms with Crippen molar-refractivity contribution in [3.8, 4) is 17.2 Å². The van der Waals surface area contributed by atoms with Gasteiger partial charge < -0.3 is 14.2 Å². The third-order valence-electron chi connectivity index (χ3n) is 2.91. The second-order valence-corrected chi connectivity index (χ2v) is 4.62. The molecule has 4 heteroatoms. The summed E-state index contributed by atoms with van der Waals surface area (Å²) in [5.41, 5.74) is 0. The summed E-state index contributed by atoms with van der Waals surface area (Å²) >= 11 is 0. The van der Waals surface area contributed by atoms with Gasteiger partial charge in [0.25, 0.3) is 0 Å². The lowest BCUT2D eigenvalue weighted by Crippen LogP contribution is -2.10. The average molecular weight is 300 g/mol. The van der Waals surface area contributed by atoms with Gasteiger partial charge in [0.1, 0.15) is 5.75 Å². The van der Waals surface area contributed by atoms with E-state index in [2.05, 4.69) is 0 Å². The van der Waals surface area contributed by atoms with Crippen LogP contribution in [-0.4, -0.2) is 19.2 Å². The summed E-state index contributed by atoms with van der Waals surface area (Å²) in [6.07, 6.45) is 0.901. The van der Waals surface area contributed by atoms with Crippen molar-refractivity contribution in [3.05, 3.63) is 54.6 Å². The molecule has 0 aliphatic heterocycles. The standard InChI is InChI=1S/C18H20O4/c1-2-20-16-11-6-7-12-17(16)22-18(19)13-8-14-21-15-9-4-3-5-10-15/h3-7,9-12H,2,8,13-14H2,1H3. The average Bonchev–Trinajstić information content (AvgIpc) is 2.55. The Kier molecular flexibility index (Phi) is 6.30. The minimum Gasteiger partial charge on any atom is -0.494 e. The van der Waals surface area contributed by atoms with Gasteiger partial charge in [-0.2, -0.15) is 0 Å². The second kappa shape index (κ2) is 8.72. The molecule has 0 aromatic heterocycles. The Bertz CT molecular complexity index is 581. The van der Waals surface area contributed by atoms with Crippen LogP contribution in [0.4, 0.5) is 0 Å². The molecule has 0 radical (unpaired) electrons. The van der Waals surface area contributed by atoms with Gasteiger partial charge in [-0.3, -0.25) is 4.79 Å². The number of ether oxygens (including phenoxy) is 3. The van der Waals surface area contributed by atoms with E-state index in [1.165, 1.54) is 0 Å². The lowest BCUT2D eigenvalue weighted by Gasteiger charge is -2.10. The highest BCUT2D eigenvalue weighted by Gasteiger charge is 2.09. The van der Waals surface area contributed by atoms with Crippen molar-refractivity contribution in [2.75, 3.05) is 13.2 Å². The van der Waals surface area contributed by atoms with Crippen molar-refractivity contribution >= 4 is 5.97 Å². The zero-order valence-electron chi connectivity index (χ0n) is 12.7. The highest BCUT2D eigenvalue weighted by Crippen LogP contribution is 2.26. The molecular formula is C18H20O4. The van der Waals surface area contributed by atoms with Gasteiger partial charge in [0.15, 0.2) is 11.5 Å². The summed E-state index contributed by atoms with van der Waals surface area (Å²) in [6.45, 7) is 2.89. The summed E-state index contributed by atoms with van der Waals surface area (Å²) in [7, 11) is 0. The zero-order chi connectivity index (χ0) is 15.6. The Labute approximate surface area is 130 Å². The number of rotatable bonds is 8. The maximum Gasteiger partial charge on any atom is 0.311 e. The fourth-order valence-electron chi connectivity index (χ4n) is 1.91. The molecule has 2 rings (SSSR count). The molecule has 2 aromatic carbocycles.